The van der Waals surface area contributed by atoms with Crippen LogP contribution < -0.4 is 10.1 Å². The maximum Gasteiger partial charge on any atom is 0.239 e. The van der Waals surface area contributed by atoms with E-state index in [9.17, 15) is 13.2 Å². The van der Waals surface area contributed by atoms with Gasteiger partial charge in [-0.15, -0.1) is 0 Å². The lowest BCUT2D eigenvalue weighted by Crippen LogP contribution is -2.38. The summed E-state index contributed by atoms with van der Waals surface area (Å²) < 4.78 is 30.2. The summed E-state index contributed by atoms with van der Waals surface area (Å²) in [5.74, 6) is 0.258. The first-order valence-electron chi connectivity index (χ1n) is 7.91. The van der Waals surface area contributed by atoms with Gasteiger partial charge in [0.2, 0.25) is 15.9 Å². The van der Waals surface area contributed by atoms with E-state index < -0.39 is 15.9 Å². The van der Waals surface area contributed by atoms with Gasteiger partial charge in [0.05, 0.1) is 19.9 Å². The number of halogens is 1. The van der Waals surface area contributed by atoms with Gasteiger partial charge in [0, 0.05) is 17.3 Å². The van der Waals surface area contributed by atoms with Crippen LogP contribution in [0.1, 0.15) is 5.56 Å². The minimum atomic E-state index is -3.52. The molecule has 0 unspecified atom stereocenters. The van der Waals surface area contributed by atoms with Crippen LogP contribution in [0, 0.1) is 0 Å². The van der Waals surface area contributed by atoms with Crippen molar-refractivity contribution in [2.24, 2.45) is 0 Å². The predicted octanol–water partition coefficient (Wildman–Crippen LogP) is 2.79. The molecule has 0 aliphatic heterocycles. The van der Waals surface area contributed by atoms with E-state index in [0.717, 1.165) is 16.1 Å². The fourth-order valence-corrected chi connectivity index (χ4v) is 3.33. The molecule has 2 aromatic rings. The number of nitrogens with zero attached hydrogens (tertiary/aromatic N) is 1. The number of carbonyl (C=O) groups is 1. The predicted molar refractivity (Wildman–Crippen MR) is 103 cm³/mol. The van der Waals surface area contributed by atoms with E-state index in [0.29, 0.717) is 22.9 Å². The average molecular weight is 397 g/mol. The molecule has 0 saturated carbocycles. The molecule has 0 radical (unpaired) electrons. The van der Waals surface area contributed by atoms with Crippen LogP contribution >= 0.6 is 11.6 Å². The smallest absolute Gasteiger partial charge is 0.239 e. The second kappa shape index (κ2) is 9.02. The lowest BCUT2D eigenvalue weighted by Gasteiger charge is -2.19. The lowest BCUT2D eigenvalue weighted by atomic mass is 10.1. The zero-order valence-electron chi connectivity index (χ0n) is 14.6. The third-order valence-electron chi connectivity index (χ3n) is 3.70. The Morgan fingerprint density at radius 1 is 1.19 bits per heavy atom. The summed E-state index contributed by atoms with van der Waals surface area (Å²) in [4.78, 5) is 12.2. The van der Waals surface area contributed by atoms with E-state index in [-0.39, 0.29) is 13.1 Å². The number of carbonyl (C=O) groups excluding carboxylic acids is 1. The topological polar surface area (TPSA) is 75.7 Å². The van der Waals surface area contributed by atoms with Crippen LogP contribution in [0.25, 0.3) is 0 Å². The molecule has 0 aromatic heterocycles. The first-order valence-corrected chi connectivity index (χ1v) is 10.1. The van der Waals surface area contributed by atoms with Crippen molar-refractivity contribution in [3.63, 3.8) is 0 Å². The summed E-state index contributed by atoms with van der Waals surface area (Å²) in [6, 6.07) is 14.0. The fraction of sp³-hybridized carbons (Fsp3) is 0.278. The van der Waals surface area contributed by atoms with Crippen molar-refractivity contribution in [2.45, 2.75) is 6.42 Å². The van der Waals surface area contributed by atoms with Crippen molar-refractivity contribution in [3.05, 3.63) is 59.1 Å². The molecule has 1 amide bonds. The van der Waals surface area contributed by atoms with E-state index in [1.165, 1.54) is 0 Å². The number of amides is 1. The van der Waals surface area contributed by atoms with Gasteiger partial charge in [-0.2, -0.15) is 4.31 Å². The number of methoxy groups -OCH3 is 1. The van der Waals surface area contributed by atoms with Crippen LogP contribution in [0.15, 0.2) is 48.5 Å². The Morgan fingerprint density at radius 3 is 2.46 bits per heavy atom. The van der Waals surface area contributed by atoms with Crippen LogP contribution in [0.2, 0.25) is 5.02 Å². The zero-order valence-corrected chi connectivity index (χ0v) is 16.2. The maximum absolute atomic E-state index is 12.2. The third kappa shape index (κ3) is 6.33. The molecule has 0 aliphatic carbocycles. The number of nitrogens with one attached hydrogen (secondary N) is 1. The largest absolute Gasteiger partial charge is 0.497 e. The van der Waals surface area contributed by atoms with Gasteiger partial charge in [0.1, 0.15) is 5.75 Å². The Morgan fingerprint density at radius 2 is 1.88 bits per heavy atom. The molecule has 26 heavy (non-hydrogen) atoms. The van der Waals surface area contributed by atoms with Gasteiger partial charge in [-0.1, -0.05) is 23.7 Å². The third-order valence-corrected chi connectivity index (χ3v) is 5.19. The number of anilines is 1. The molecule has 1 N–H and O–H groups in total. The number of rotatable bonds is 8. The van der Waals surface area contributed by atoms with Crippen molar-refractivity contribution in [2.75, 3.05) is 31.8 Å². The number of hydrogen-bond donors (Lipinski definition) is 1. The summed E-state index contributed by atoms with van der Waals surface area (Å²) in [5.41, 5.74) is 1.47. The van der Waals surface area contributed by atoms with Crippen LogP contribution in [0.5, 0.6) is 5.75 Å². The normalized spacial score (nSPS) is 11.4. The standard InChI is InChI=1S/C18H21ClN2O4S/c1-25-17-8-6-16(7-9-17)20-18(22)13-21(26(2,23)24)11-10-14-4-3-5-15(19)12-14/h3-9,12H,10-11,13H2,1-2H3,(H,20,22). The van der Waals surface area contributed by atoms with E-state index in [1.807, 2.05) is 6.07 Å². The molecule has 0 saturated heterocycles. The molecule has 0 heterocycles. The van der Waals surface area contributed by atoms with Crippen molar-refractivity contribution in [1.29, 1.82) is 0 Å². The number of sulfonamides is 1. The second-order valence-corrected chi connectivity index (χ2v) is 8.17. The first-order chi connectivity index (χ1) is 12.3. The molecule has 140 valence electrons. The summed E-state index contributed by atoms with van der Waals surface area (Å²) >= 11 is 5.94. The zero-order chi connectivity index (χ0) is 19.2. The fourth-order valence-electron chi connectivity index (χ4n) is 2.34. The average Bonchev–Trinajstić information content (AvgIpc) is 2.58. The molecule has 0 bridgehead atoms. The molecule has 8 heteroatoms. The van der Waals surface area contributed by atoms with Gasteiger partial charge in [0.25, 0.3) is 0 Å². The van der Waals surface area contributed by atoms with E-state index in [1.54, 1.807) is 49.6 Å². The molecule has 0 aliphatic rings. The first kappa shape index (κ1) is 20.2. The molecule has 0 spiro atoms. The molecule has 6 nitrogen and oxygen atoms in total. The van der Waals surface area contributed by atoms with Gasteiger partial charge in [-0.25, -0.2) is 8.42 Å². The summed E-state index contributed by atoms with van der Waals surface area (Å²) in [6.07, 6.45) is 1.55. The van der Waals surface area contributed by atoms with E-state index in [4.69, 9.17) is 16.3 Å². The van der Waals surface area contributed by atoms with Gasteiger partial charge in [-0.3, -0.25) is 4.79 Å². The highest BCUT2D eigenvalue weighted by Crippen LogP contribution is 2.15. The van der Waals surface area contributed by atoms with Crippen LogP contribution in [0.4, 0.5) is 5.69 Å². The van der Waals surface area contributed by atoms with Crippen molar-refractivity contribution >= 4 is 33.2 Å². The SMILES string of the molecule is COc1ccc(NC(=O)CN(CCc2cccc(Cl)c2)S(C)(=O)=O)cc1. The highest BCUT2D eigenvalue weighted by Gasteiger charge is 2.20. The Kier molecular flexibility index (Phi) is 7.02. The molecule has 2 rings (SSSR count). The second-order valence-electron chi connectivity index (χ2n) is 5.75. The highest BCUT2D eigenvalue weighted by molar-refractivity contribution is 7.88. The quantitative estimate of drug-likeness (QED) is 0.744. The highest BCUT2D eigenvalue weighted by atomic mass is 35.5. The van der Waals surface area contributed by atoms with E-state index in [2.05, 4.69) is 5.32 Å². The van der Waals surface area contributed by atoms with Crippen LogP contribution in [-0.2, 0) is 21.2 Å². The lowest BCUT2D eigenvalue weighted by molar-refractivity contribution is -0.116. The molecule has 2 aromatic carbocycles. The van der Waals surface area contributed by atoms with Crippen molar-refractivity contribution < 1.29 is 17.9 Å². The van der Waals surface area contributed by atoms with Gasteiger partial charge in [-0.05, 0) is 48.4 Å². The summed E-state index contributed by atoms with van der Waals surface area (Å²) in [7, 11) is -1.97. The molecule has 0 atom stereocenters. The van der Waals surface area contributed by atoms with Gasteiger partial charge >= 0.3 is 0 Å². The van der Waals surface area contributed by atoms with E-state index >= 15 is 0 Å². The van der Waals surface area contributed by atoms with Crippen molar-refractivity contribution in [1.82, 2.24) is 4.31 Å². The summed E-state index contributed by atoms with van der Waals surface area (Å²) in [6.45, 7) is -0.0688. The molecule has 0 fully saturated rings. The summed E-state index contributed by atoms with van der Waals surface area (Å²) in [5, 5.41) is 3.27. The maximum atomic E-state index is 12.2. The van der Waals surface area contributed by atoms with Gasteiger partial charge < -0.3 is 10.1 Å². The minimum Gasteiger partial charge on any atom is -0.497 e. The Labute approximate surface area is 158 Å². The number of benzene rings is 2. The van der Waals surface area contributed by atoms with Crippen molar-refractivity contribution in [3.8, 4) is 5.75 Å². The number of hydrogen-bond acceptors (Lipinski definition) is 4. The van der Waals surface area contributed by atoms with Gasteiger partial charge in [0.15, 0.2) is 0 Å². The molecular weight excluding hydrogens is 376 g/mol. The monoisotopic (exact) mass is 396 g/mol. The molecular formula is C18H21ClN2O4S. The Balaban J connectivity index is 1.99. The number of ether oxygens (including phenoxy) is 1. The minimum absolute atomic E-state index is 0.190. The van der Waals surface area contributed by atoms with Crippen LogP contribution in [0.3, 0.4) is 0 Å². The Hall–Kier alpha value is -2.09. The van der Waals surface area contributed by atoms with Crippen LogP contribution in [-0.4, -0.2) is 45.1 Å². The Bertz CT molecular complexity index is 854.